The second-order valence-electron chi connectivity index (χ2n) is 4.76. The lowest BCUT2D eigenvalue weighted by Gasteiger charge is -2.25. The van der Waals surface area contributed by atoms with Crippen LogP contribution in [0.2, 0.25) is 0 Å². The lowest BCUT2D eigenvalue weighted by atomic mass is 10.1. The van der Waals surface area contributed by atoms with Crippen LogP contribution in [0, 0.1) is 0 Å². The molecule has 2 rings (SSSR count). The van der Waals surface area contributed by atoms with Crippen molar-refractivity contribution >= 4 is 11.7 Å². The molecule has 1 saturated heterocycles. The number of nitrogens with zero attached hydrogens (tertiary/aromatic N) is 1. The topological polar surface area (TPSA) is 55.8 Å². The van der Waals surface area contributed by atoms with E-state index in [1.165, 1.54) is 0 Å². The largest absolute Gasteiger partial charge is 0.497 e. The Balaban J connectivity index is 1.74. The summed E-state index contributed by atoms with van der Waals surface area (Å²) in [6, 6.07) is 7.55. The second-order valence-corrected chi connectivity index (χ2v) is 4.76. The van der Waals surface area contributed by atoms with E-state index in [-0.39, 0.29) is 18.3 Å². The highest BCUT2D eigenvalue weighted by atomic mass is 16.5. The van der Waals surface area contributed by atoms with E-state index < -0.39 is 0 Å². The van der Waals surface area contributed by atoms with Gasteiger partial charge in [0.15, 0.2) is 0 Å². The number of rotatable bonds is 5. The minimum absolute atomic E-state index is 0.0470. The first-order valence-corrected chi connectivity index (χ1v) is 6.69. The Bertz CT molecular complexity index is 477. The Labute approximate surface area is 118 Å². The Kier molecular flexibility index (Phi) is 5.12. The zero-order chi connectivity index (χ0) is 14.4. The molecule has 5 heteroatoms. The van der Waals surface area contributed by atoms with Gasteiger partial charge in [0, 0.05) is 25.9 Å². The van der Waals surface area contributed by atoms with Crippen molar-refractivity contribution in [1.82, 2.24) is 4.90 Å². The van der Waals surface area contributed by atoms with Gasteiger partial charge < -0.3 is 14.4 Å². The molecule has 1 aromatic rings. The molecule has 20 heavy (non-hydrogen) atoms. The van der Waals surface area contributed by atoms with E-state index >= 15 is 0 Å². The fourth-order valence-corrected chi connectivity index (χ4v) is 2.12. The van der Waals surface area contributed by atoms with Crippen molar-refractivity contribution in [2.75, 3.05) is 26.8 Å². The second kappa shape index (κ2) is 7.05. The van der Waals surface area contributed by atoms with Gasteiger partial charge in [0.1, 0.15) is 18.1 Å². The van der Waals surface area contributed by atoms with Crippen molar-refractivity contribution in [3.8, 4) is 5.75 Å². The molecule has 1 amide bonds. The van der Waals surface area contributed by atoms with E-state index in [1.54, 1.807) is 12.0 Å². The molecule has 1 aliphatic heterocycles. The fourth-order valence-electron chi connectivity index (χ4n) is 2.12. The van der Waals surface area contributed by atoms with Crippen LogP contribution in [0.15, 0.2) is 24.3 Å². The average molecular weight is 277 g/mol. The van der Waals surface area contributed by atoms with E-state index in [1.807, 2.05) is 24.3 Å². The van der Waals surface area contributed by atoms with E-state index in [0.717, 1.165) is 11.3 Å². The highest BCUT2D eigenvalue weighted by Crippen LogP contribution is 2.13. The molecule has 0 aromatic heterocycles. The summed E-state index contributed by atoms with van der Waals surface area (Å²) in [5.41, 5.74) is 0.964. The number of piperidine rings is 1. The first-order chi connectivity index (χ1) is 9.69. The molecule has 0 radical (unpaired) electrons. The summed E-state index contributed by atoms with van der Waals surface area (Å²) in [6.45, 7) is 1.45. The standard InChI is InChI=1S/C15H19NO4/c1-19-14-4-2-3-12(9-14)10-20-11-15(18)16-7-5-13(17)6-8-16/h2-4,9H,5-8,10-11H2,1H3. The summed E-state index contributed by atoms with van der Waals surface area (Å²) in [5, 5.41) is 0. The molecule has 0 atom stereocenters. The van der Waals surface area contributed by atoms with Gasteiger partial charge in [-0.3, -0.25) is 9.59 Å². The number of likely N-dealkylation sites (tertiary alicyclic amines) is 1. The van der Waals surface area contributed by atoms with Gasteiger partial charge >= 0.3 is 0 Å². The van der Waals surface area contributed by atoms with Crippen LogP contribution in [-0.2, 0) is 20.9 Å². The van der Waals surface area contributed by atoms with Gasteiger partial charge in [0.25, 0.3) is 0 Å². The molecule has 0 saturated carbocycles. The van der Waals surface area contributed by atoms with Crippen LogP contribution in [0.5, 0.6) is 5.75 Å². The molecule has 0 aliphatic carbocycles. The summed E-state index contributed by atoms with van der Waals surface area (Å²) in [7, 11) is 1.61. The SMILES string of the molecule is COc1cccc(COCC(=O)N2CCC(=O)CC2)c1. The van der Waals surface area contributed by atoms with Crippen molar-refractivity contribution in [3.63, 3.8) is 0 Å². The molecule has 108 valence electrons. The first-order valence-electron chi connectivity index (χ1n) is 6.69. The molecule has 0 bridgehead atoms. The average Bonchev–Trinajstić information content (AvgIpc) is 2.48. The Morgan fingerprint density at radius 2 is 2.05 bits per heavy atom. The zero-order valence-corrected chi connectivity index (χ0v) is 11.6. The highest BCUT2D eigenvalue weighted by molar-refractivity contribution is 5.83. The first kappa shape index (κ1) is 14.5. The predicted molar refractivity (Wildman–Crippen MR) is 73.5 cm³/mol. The quantitative estimate of drug-likeness (QED) is 0.816. The molecule has 0 spiro atoms. The molecule has 0 unspecified atom stereocenters. The number of hydrogen-bond donors (Lipinski definition) is 0. The van der Waals surface area contributed by atoms with Crippen LogP contribution in [0.4, 0.5) is 0 Å². The lowest BCUT2D eigenvalue weighted by molar-refractivity contribution is -0.139. The van der Waals surface area contributed by atoms with Crippen molar-refractivity contribution in [1.29, 1.82) is 0 Å². The number of hydrogen-bond acceptors (Lipinski definition) is 4. The molecular weight excluding hydrogens is 258 g/mol. The number of methoxy groups -OCH3 is 1. The van der Waals surface area contributed by atoms with Crippen LogP contribution >= 0.6 is 0 Å². The van der Waals surface area contributed by atoms with Crippen LogP contribution in [0.25, 0.3) is 0 Å². The lowest BCUT2D eigenvalue weighted by Crippen LogP contribution is -2.40. The number of ether oxygens (including phenoxy) is 2. The van der Waals surface area contributed by atoms with Gasteiger partial charge in [-0.25, -0.2) is 0 Å². The van der Waals surface area contributed by atoms with Gasteiger partial charge in [-0.05, 0) is 17.7 Å². The number of carbonyl (C=O) groups is 2. The number of Topliss-reactive ketones (excluding diaryl/α,β-unsaturated/α-hetero) is 1. The third-order valence-corrected chi connectivity index (χ3v) is 3.30. The van der Waals surface area contributed by atoms with Gasteiger partial charge in [-0.15, -0.1) is 0 Å². The van der Waals surface area contributed by atoms with Crippen molar-refractivity contribution in [2.24, 2.45) is 0 Å². The van der Waals surface area contributed by atoms with Gasteiger partial charge in [0.2, 0.25) is 5.91 Å². The molecule has 0 N–H and O–H groups in total. The molecule has 1 heterocycles. The predicted octanol–water partition coefficient (Wildman–Crippen LogP) is 1.40. The normalized spacial score (nSPS) is 15.2. The van der Waals surface area contributed by atoms with Crippen LogP contribution < -0.4 is 4.74 Å². The summed E-state index contributed by atoms with van der Waals surface area (Å²) in [6.07, 6.45) is 0.920. The van der Waals surface area contributed by atoms with Gasteiger partial charge in [-0.2, -0.15) is 0 Å². The number of ketones is 1. The van der Waals surface area contributed by atoms with E-state index in [2.05, 4.69) is 0 Å². The smallest absolute Gasteiger partial charge is 0.248 e. The maximum absolute atomic E-state index is 11.9. The Hall–Kier alpha value is -1.88. The fraction of sp³-hybridized carbons (Fsp3) is 0.467. The molecule has 1 aliphatic rings. The van der Waals surface area contributed by atoms with Crippen LogP contribution in [0.3, 0.4) is 0 Å². The van der Waals surface area contributed by atoms with E-state index in [0.29, 0.717) is 32.5 Å². The minimum atomic E-state index is -0.0552. The monoisotopic (exact) mass is 277 g/mol. The Morgan fingerprint density at radius 1 is 1.30 bits per heavy atom. The van der Waals surface area contributed by atoms with E-state index in [4.69, 9.17) is 9.47 Å². The van der Waals surface area contributed by atoms with Crippen LogP contribution in [0.1, 0.15) is 18.4 Å². The summed E-state index contributed by atoms with van der Waals surface area (Å²) in [4.78, 5) is 24.7. The van der Waals surface area contributed by atoms with Crippen LogP contribution in [-0.4, -0.2) is 43.4 Å². The third kappa shape index (κ3) is 4.06. The third-order valence-electron chi connectivity index (χ3n) is 3.30. The summed E-state index contributed by atoms with van der Waals surface area (Å²) < 4.78 is 10.6. The van der Waals surface area contributed by atoms with Gasteiger partial charge in [0.05, 0.1) is 13.7 Å². The molecular formula is C15H19NO4. The minimum Gasteiger partial charge on any atom is -0.497 e. The highest BCUT2D eigenvalue weighted by Gasteiger charge is 2.20. The summed E-state index contributed by atoms with van der Waals surface area (Å²) in [5.74, 6) is 0.943. The molecule has 1 fully saturated rings. The Morgan fingerprint density at radius 3 is 2.75 bits per heavy atom. The van der Waals surface area contributed by atoms with E-state index in [9.17, 15) is 9.59 Å². The number of carbonyl (C=O) groups excluding carboxylic acids is 2. The summed E-state index contributed by atoms with van der Waals surface area (Å²) >= 11 is 0. The van der Waals surface area contributed by atoms with Crippen molar-refractivity contribution in [2.45, 2.75) is 19.4 Å². The maximum Gasteiger partial charge on any atom is 0.248 e. The molecule has 1 aromatic carbocycles. The number of amides is 1. The zero-order valence-electron chi connectivity index (χ0n) is 11.6. The maximum atomic E-state index is 11.9. The van der Waals surface area contributed by atoms with Gasteiger partial charge in [-0.1, -0.05) is 12.1 Å². The number of benzene rings is 1. The molecule has 5 nitrogen and oxygen atoms in total. The van der Waals surface area contributed by atoms with Crippen molar-refractivity contribution < 1.29 is 19.1 Å². The van der Waals surface area contributed by atoms with Crippen molar-refractivity contribution in [3.05, 3.63) is 29.8 Å².